The predicted octanol–water partition coefficient (Wildman–Crippen LogP) is 2.19. The second-order valence-electron chi connectivity index (χ2n) is 5.87. The number of carboxylic acids is 1. The van der Waals surface area contributed by atoms with Crippen LogP contribution in [-0.4, -0.2) is 30.5 Å². The van der Waals surface area contributed by atoms with E-state index in [0.29, 0.717) is 11.6 Å². The Labute approximate surface area is 125 Å². The van der Waals surface area contributed by atoms with Gasteiger partial charge in [-0.25, -0.2) is 17.9 Å². The fourth-order valence-electron chi connectivity index (χ4n) is 3.10. The quantitative estimate of drug-likeness (QED) is 0.793. The Morgan fingerprint density at radius 1 is 1.29 bits per heavy atom. The average Bonchev–Trinajstić information content (AvgIpc) is 2.68. The highest BCUT2D eigenvalue weighted by Crippen LogP contribution is 2.28. The Morgan fingerprint density at radius 2 is 1.90 bits per heavy atom. The van der Waals surface area contributed by atoms with Crippen LogP contribution in [0.2, 0.25) is 0 Å². The Kier molecular flexibility index (Phi) is 4.43. The van der Waals surface area contributed by atoms with Gasteiger partial charge in [0, 0.05) is 17.3 Å². The highest BCUT2D eigenvalue weighted by atomic mass is 32.2. The number of carbonyl (C=O) groups is 1. The van der Waals surface area contributed by atoms with Gasteiger partial charge in [0.05, 0.1) is 0 Å². The number of sulfonamides is 1. The van der Waals surface area contributed by atoms with E-state index >= 15 is 0 Å². The van der Waals surface area contributed by atoms with Crippen LogP contribution in [0.25, 0.3) is 0 Å². The maximum absolute atomic E-state index is 12.6. The topological polar surface area (TPSA) is 99.3 Å². The predicted molar refractivity (Wildman–Crippen MR) is 79.0 cm³/mol. The van der Waals surface area contributed by atoms with Gasteiger partial charge in [0.25, 0.3) is 0 Å². The average molecular weight is 314 g/mol. The van der Waals surface area contributed by atoms with Crippen LogP contribution in [0, 0.1) is 19.8 Å². The van der Waals surface area contributed by atoms with E-state index in [4.69, 9.17) is 5.11 Å². The molecule has 7 heteroatoms. The van der Waals surface area contributed by atoms with Crippen molar-refractivity contribution in [3.05, 3.63) is 17.0 Å². The summed E-state index contributed by atoms with van der Waals surface area (Å²) in [7, 11) is -3.71. The molecule has 0 saturated heterocycles. The summed E-state index contributed by atoms with van der Waals surface area (Å²) in [5.41, 5.74) is 0.557. The summed E-state index contributed by atoms with van der Waals surface area (Å²) in [6.45, 7) is 5.15. The first-order chi connectivity index (χ1) is 9.74. The molecule has 1 saturated carbocycles. The fourth-order valence-corrected chi connectivity index (χ4v) is 4.93. The Balaban J connectivity index is 2.34. The van der Waals surface area contributed by atoms with Crippen LogP contribution in [0.4, 0.5) is 0 Å². The van der Waals surface area contributed by atoms with Crippen molar-refractivity contribution in [3.8, 4) is 0 Å². The van der Waals surface area contributed by atoms with Gasteiger partial charge in [-0.1, -0.05) is 19.8 Å². The van der Waals surface area contributed by atoms with Gasteiger partial charge in [-0.3, -0.25) is 0 Å². The van der Waals surface area contributed by atoms with Crippen LogP contribution in [0.3, 0.4) is 0 Å². The van der Waals surface area contributed by atoms with Crippen molar-refractivity contribution in [1.29, 1.82) is 0 Å². The third kappa shape index (κ3) is 3.13. The number of aryl methyl sites for hydroxylation is 1. The molecule has 2 unspecified atom stereocenters. The maximum atomic E-state index is 12.6. The van der Waals surface area contributed by atoms with Gasteiger partial charge in [0.2, 0.25) is 10.0 Å². The third-order valence-electron chi connectivity index (χ3n) is 4.27. The normalized spacial score (nSPS) is 23.2. The number of hydrogen-bond donors (Lipinski definition) is 3. The van der Waals surface area contributed by atoms with Crippen LogP contribution in [-0.2, 0) is 10.0 Å². The number of aromatic carboxylic acids is 1. The van der Waals surface area contributed by atoms with Crippen molar-refractivity contribution in [2.45, 2.75) is 57.4 Å². The van der Waals surface area contributed by atoms with E-state index in [-0.39, 0.29) is 22.2 Å². The SMILES string of the molecule is Cc1[nH]c(C(=O)O)c(C)c1S(=O)(=O)NC1CCCCC1C. The molecule has 6 nitrogen and oxygen atoms in total. The standard InChI is InChI=1S/C14H22N2O4S/c1-8-6-4-5-7-11(8)16-21(19,20)13-9(2)12(14(17)18)15-10(13)3/h8,11,15-16H,4-7H2,1-3H3,(H,17,18). The van der Waals surface area contributed by atoms with Gasteiger partial charge in [-0.05, 0) is 32.6 Å². The molecule has 0 aliphatic heterocycles. The molecule has 1 aliphatic carbocycles. The zero-order valence-electron chi connectivity index (χ0n) is 12.6. The summed E-state index contributed by atoms with van der Waals surface area (Å²) in [5.74, 6) is -0.852. The van der Waals surface area contributed by atoms with Gasteiger partial charge in [-0.2, -0.15) is 0 Å². The Hall–Kier alpha value is -1.34. The first kappa shape index (κ1) is 16.0. The lowest BCUT2D eigenvalue weighted by Gasteiger charge is -2.29. The fraction of sp³-hybridized carbons (Fsp3) is 0.643. The molecule has 0 radical (unpaired) electrons. The smallest absolute Gasteiger partial charge is 0.352 e. The number of aromatic amines is 1. The molecule has 1 fully saturated rings. The molecule has 0 bridgehead atoms. The number of carboxylic acid groups (broad SMARTS) is 1. The van der Waals surface area contributed by atoms with Crippen molar-refractivity contribution in [2.75, 3.05) is 0 Å². The van der Waals surface area contributed by atoms with Crippen LogP contribution in [0.5, 0.6) is 0 Å². The molecule has 1 aromatic rings. The largest absolute Gasteiger partial charge is 0.477 e. The number of aromatic nitrogens is 1. The van der Waals surface area contributed by atoms with Crippen molar-refractivity contribution >= 4 is 16.0 Å². The highest BCUT2D eigenvalue weighted by molar-refractivity contribution is 7.89. The first-order valence-electron chi connectivity index (χ1n) is 7.19. The van der Waals surface area contributed by atoms with Crippen molar-refractivity contribution < 1.29 is 18.3 Å². The summed E-state index contributed by atoms with van der Waals surface area (Å²) in [4.78, 5) is 13.8. The summed E-state index contributed by atoms with van der Waals surface area (Å²) in [5, 5.41) is 9.09. The zero-order valence-corrected chi connectivity index (χ0v) is 13.4. The number of rotatable bonds is 4. The van der Waals surface area contributed by atoms with Crippen LogP contribution in [0.1, 0.15) is 54.4 Å². The van der Waals surface area contributed by atoms with Crippen molar-refractivity contribution in [3.63, 3.8) is 0 Å². The molecule has 21 heavy (non-hydrogen) atoms. The van der Waals surface area contributed by atoms with Gasteiger partial charge in [0.15, 0.2) is 0 Å². The second-order valence-corrected chi connectivity index (χ2v) is 7.52. The third-order valence-corrected chi connectivity index (χ3v) is 6.03. The minimum absolute atomic E-state index is 0.0652. The first-order valence-corrected chi connectivity index (χ1v) is 8.67. The van der Waals surface area contributed by atoms with Crippen LogP contribution in [0.15, 0.2) is 4.90 Å². The molecule has 0 spiro atoms. The Bertz CT molecular complexity index is 648. The van der Waals surface area contributed by atoms with Gasteiger partial charge < -0.3 is 10.1 Å². The van der Waals surface area contributed by atoms with Crippen LogP contribution >= 0.6 is 0 Å². The van der Waals surface area contributed by atoms with E-state index in [0.717, 1.165) is 25.7 Å². The minimum Gasteiger partial charge on any atom is -0.477 e. The molecule has 0 amide bonds. The lowest BCUT2D eigenvalue weighted by molar-refractivity contribution is 0.0690. The van der Waals surface area contributed by atoms with Crippen molar-refractivity contribution in [1.82, 2.24) is 9.71 Å². The second kappa shape index (κ2) is 5.81. The van der Waals surface area contributed by atoms with Crippen molar-refractivity contribution in [2.24, 2.45) is 5.92 Å². The zero-order chi connectivity index (χ0) is 15.8. The van der Waals surface area contributed by atoms with Crippen LogP contribution < -0.4 is 4.72 Å². The molecule has 1 aliphatic rings. The van der Waals surface area contributed by atoms with E-state index in [1.807, 2.05) is 6.92 Å². The number of hydrogen-bond acceptors (Lipinski definition) is 3. The maximum Gasteiger partial charge on any atom is 0.352 e. The molecule has 3 N–H and O–H groups in total. The molecule has 2 atom stereocenters. The lowest BCUT2D eigenvalue weighted by Crippen LogP contribution is -2.41. The van der Waals surface area contributed by atoms with Gasteiger partial charge >= 0.3 is 5.97 Å². The monoisotopic (exact) mass is 314 g/mol. The number of H-pyrrole nitrogens is 1. The highest BCUT2D eigenvalue weighted by Gasteiger charge is 2.31. The summed E-state index contributed by atoms with van der Waals surface area (Å²) >= 11 is 0. The van der Waals surface area contributed by atoms with E-state index in [2.05, 4.69) is 9.71 Å². The minimum atomic E-state index is -3.71. The van der Waals surface area contributed by atoms with E-state index in [1.165, 1.54) is 6.92 Å². The molecular formula is C14H22N2O4S. The molecular weight excluding hydrogens is 292 g/mol. The summed E-state index contributed by atoms with van der Waals surface area (Å²) in [6, 6.07) is -0.0780. The lowest BCUT2D eigenvalue weighted by atomic mass is 9.87. The van der Waals surface area contributed by atoms with E-state index < -0.39 is 16.0 Å². The molecule has 1 aromatic heterocycles. The molecule has 0 aromatic carbocycles. The van der Waals surface area contributed by atoms with E-state index in [9.17, 15) is 13.2 Å². The molecule has 1 heterocycles. The van der Waals surface area contributed by atoms with E-state index in [1.54, 1.807) is 6.92 Å². The Morgan fingerprint density at radius 3 is 2.43 bits per heavy atom. The van der Waals surface area contributed by atoms with Gasteiger partial charge in [-0.15, -0.1) is 0 Å². The van der Waals surface area contributed by atoms with Gasteiger partial charge in [0.1, 0.15) is 10.6 Å². The number of nitrogens with one attached hydrogen (secondary N) is 2. The summed E-state index contributed by atoms with van der Waals surface area (Å²) in [6.07, 6.45) is 3.99. The molecule has 118 valence electrons. The summed E-state index contributed by atoms with van der Waals surface area (Å²) < 4.78 is 28.0. The molecule has 2 rings (SSSR count).